The Morgan fingerprint density at radius 2 is 1.74 bits per heavy atom. The zero-order chi connectivity index (χ0) is 15.6. The van der Waals surface area contributed by atoms with Gasteiger partial charge in [0.2, 0.25) is 0 Å². The highest BCUT2D eigenvalue weighted by Crippen LogP contribution is 2.31. The largest absolute Gasteiger partial charge is 0.295 e. The van der Waals surface area contributed by atoms with Gasteiger partial charge in [0, 0.05) is 11.6 Å². The van der Waals surface area contributed by atoms with E-state index in [4.69, 9.17) is 0 Å². The first kappa shape index (κ1) is 12.6. The van der Waals surface area contributed by atoms with Crippen molar-refractivity contribution in [2.75, 3.05) is 0 Å². The van der Waals surface area contributed by atoms with E-state index in [-0.39, 0.29) is 0 Å². The molecule has 0 spiro atoms. The number of aryl methyl sites for hydroxylation is 2. The van der Waals surface area contributed by atoms with Crippen molar-refractivity contribution in [3.63, 3.8) is 0 Å². The average molecular weight is 298 g/mol. The molecule has 0 fully saturated rings. The molecule has 0 atom stereocenters. The Morgan fingerprint density at radius 3 is 2.65 bits per heavy atom. The Balaban J connectivity index is 2.30. The minimum Gasteiger partial charge on any atom is -0.252 e. The molecule has 0 radical (unpaired) electrons. The number of aromatic nitrogens is 3. The Bertz CT molecular complexity index is 1230. The smallest absolute Gasteiger partial charge is 0.252 e. The second-order valence-electron chi connectivity index (χ2n) is 6.08. The van der Waals surface area contributed by atoms with Crippen LogP contribution in [0.3, 0.4) is 0 Å². The molecule has 23 heavy (non-hydrogen) atoms. The van der Waals surface area contributed by atoms with Crippen molar-refractivity contribution < 1.29 is 4.57 Å². The maximum atomic E-state index is 4.69. The monoisotopic (exact) mass is 298 g/mol. The minimum atomic E-state index is 1.06. The molecule has 2 aromatic carbocycles. The van der Waals surface area contributed by atoms with Gasteiger partial charge in [-0.25, -0.2) is 4.57 Å². The Hall–Kier alpha value is -2.94. The first-order valence-corrected chi connectivity index (χ1v) is 7.82. The van der Waals surface area contributed by atoms with Gasteiger partial charge in [-0.2, -0.15) is 4.40 Å². The molecule has 0 bridgehead atoms. The molecule has 5 aromatic rings. The van der Waals surface area contributed by atoms with E-state index in [1.54, 1.807) is 0 Å². The van der Waals surface area contributed by atoms with Gasteiger partial charge in [0.15, 0.2) is 16.6 Å². The van der Waals surface area contributed by atoms with Crippen LogP contribution in [0.1, 0.15) is 5.56 Å². The van der Waals surface area contributed by atoms with Gasteiger partial charge in [0.1, 0.15) is 5.52 Å². The fourth-order valence-corrected chi connectivity index (χ4v) is 3.79. The van der Waals surface area contributed by atoms with Crippen molar-refractivity contribution in [2.45, 2.75) is 6.92 Å². The molecule has 0 aliphatic carbocycles. The molecule has 0 unspecified atom stereocenters. The first-order valence-electron chi connectivity index (χ1n) is 7.82. The van der Waals surface area contributed by atoms with Crippen LogP contribution in [0.5, 0.6) is 0 Å². The van der Waals surface area contributed by atoms with Crippen molar-refractivity contribution in [2.24, 2.45) is 7.05 Å². The van der Waals surface area contributed by atoms with Crippen molar-refractivity contribution in [1.82, 2.24) is 9.38 Å². The molecule has 5 rings (SSSR count). The maximum Gasteiger partial charge on any atom is 0.295 e. The van der Waals surface area contributed by atoms with Crippen molar-refractivity contribution in [3.05, 3.63) is 66.4 Å². The fraction of sp³-hybridized carbons (Fsp3) is 0.100. The summed E-state index contributed by atoms with van der Waals surface area (Å²) in [4.78, 5) is 4.69. The molecule has 0 saturated carbocycles. The SMILES string of the molecule is Cc1cccc2c3ncccc3n3c4ccccc4[n+](C)c3c12. The van der Waals surface area contributed by atoms with Crippen LogP contribution < -0.4 is 4.57 Å². The predicted octanol–water partition coefficient (Wildman–Crippen LogP) is 3.93. The predicted molar refractivity (Wildman–Crippen MR) is 93.6 cm³/mol. The van der Waals surface area contributed by atoms with Gasteiger partial charge in [0.25, 0.3) is 5.65 Å². The normalized spacial score (nSPS) is 11.9. The summed E-state index contributed by atoms with van der Waals surface area (Å²) >= 11 is 0. The van der Waals surface area contributed by atoms with Gasteiger partial charge in [0.05, 0.1) is 12.4 Å². The first-order chi connectivity index (χ1) is 11.3. The third-order valence-corrected chi connectivity index (χ3v) is 4.79. The average Bonchev–Trinajstić information content (AvgIpc) is 2.89. The second-order valence-corrected chi connectivity index (χ2v) is 6.08. The lowest BCUT2D eigenvalue weighted by molar-refractivity contribution is -0.617. The minimum absolute atomic E-state index is 1.06. The van der Waals surface area contributed by atoms with E-state index in [0.29, 0.717) is 0 Å². The molecular formula is C20H16N3+. The number of para-hydroxylation sites is 2. The summed E-state index contributed by atoms with van der Waals surface area (Å²) < 4.78 is 4.63. The van der Waals surface area contributed by atoms with Crippen LogP contribution in [0.15, 0.2) is 60.8 Å². The molecule has 3 aromatic heterocycles. The van der Waals surface area contributed by atoms with Crippen molar-refractivity contribution >= 4 is 38.5 Å². The van der Waals surface area contributed by atoms with E-state index in [1.165, 1.54) is 33.0 Å². The highest BCUT2D eigenvalue weighted by Gasteiger charge is 2.23. The van der Waals surface area contributed by atoms with Gasteiger partial charge >= 0.3 is 0 Å². The van der Waals surface area contributed by atoms with E-state index >= 15 is 0 Å². The van der Waals surface area contributed by atoms with Crippen LogP contribution in [0.2, 0.25) is 0 Å². The van der Waals surface area contributed by atoms with Gasteiger partial charge < -0.3 is 0 Å². The summed E-state index contributed by atoms with van der Waals surface area (Å²) in [5, 5.41) is 2.49. The van der Waals surface area contributed by atoms with Crippen LogP contribution in [0.4, 0.5) is 0 Å². The molecule has 0 amide bonds. The number of imidazole rings is 1. The van der Waals surface area contributed by atoms with Crippen LogP contribution >= 0.6 is 0 Å². The van der Waals surface area contributed by atoms with Crippen LogP contribution in [0, 0.1) is 6.92 Å². The quantitative estimate of drug-likeness (QED) is 0.313. The maximum absolute atomic E-state index is 4.69. The van der Waals surface area contributed by atoms with Gasteiger partial charge in [-0.3, -0.25) is 4.98 Å². The fourth-order valence-electron chi connectivity index (χ4n) is 3.79. The topological polar surface area (TPSA) is 21.2 Å². The van der Waals surface area contributed by atoms with Gasteiger partial charge in [-0.05, 0) is 36.8 Å². The van der Waals surface area contributed by atoms with Crippen LogP contribution in [-0.4, -0.2) is 9.38 Å². The summed E-state index contributed by atoms with van der Waals surface area (Å²) in [6.45, 7) is 2.18. The Morgan fingerprint density at radius 1 is 0.913 bits per heavy atom. The number of hydrogen-bond donors (Lipinski definition) is 0. The lowest BCUT2D eigenvalue weighted by atomic mass is 10.1. The molecule has 0 saturated heterocycles. The molecule has 0 aliphatic rings. The summed E-state index contributed by atoms with van der Waals surface area (Å²) in [7, 11) is 2.14. The van der Waals surface area contributed by atoms with E-state index in [0.717, 1.165) is 11.0 Å². The number of nitrogens with zero attached hydrogens (tertiary/aromatic N) is 3. The number of pyridine rings is 2. The Kier molecular flexibility index (Phi) is 2.35. The van der Waals surface area contributed by atoms with E-state index in [1.807, 2.05) is 12.3 Å². The van der Waals surface area contributed by atoms with Crippen LogP contribution in [0.25, 0.3) is 38.5 Å². The number of benzene rings is 2. The summed E-state index contributed by atoms with van der Waals surface area (Å²) in [5.41, 5.74) is 7.15. The zero-order valence-corrected chi connectivity index (χ0v) is 13.1. The molecule has 3 heteroatoms. The lowest BCUT2D eigenvalue weighted by Gasteiger charge is -2.05. The van der Waals surface area contributed by atoms with Crippen molar-refractivity contribution in [3.8, 4) is 0 Å². The molecule has 0 aliphatic heterocycles. The standard InChI is InChI=1S/C20H16N3/c1-13-7-5-8-14-18(13)20-22(2)15-9-3-4-10-16(15)23(20)17-11-6-12-21-19(14)17/h3-12H,1-2H3/q+1. The van der Waals surface area contributed by atoms with Gasteiger partial charge in [-0.1, -0.05) is 30.3 Å². The number of fused-ring (bicyclic) bond motifs is 8. The third-order valence-electron chi connectivity index (χ3n) is 4.79. The van der Waals surface area contributed by atoms with Gasteiger partial charge in [-0.15, -0.1) is 0 Å². The number of rotatable bonds is 0. The molecule has 0 N–H and O–H groups in total. The summed E-state index contributed by atoms with van der Waals surface area (Å²) in [5.74, 6) is 0. The lowest BCUT2D eigenvalue weighted by Crippen LogP contribution is -2.27. The van der Waals surface area contributed by atoms with E-state index < -0.39 is 0 Å². The van der Waals surface area contributed by atoms with Crippen molar-refractivity contribution in [1.29, 1.82) is 0 Å². The van der Waals surface area contributed by atoms with Crippen LogP contribution in [-0.2, 0) is 7.05 Å². The Labute approximate surface area is 133 Å². The molecule has 110 valence electrons. The number of hydrogen-bond acceptors (Lipinski definition) is 1. The molecule has 3 nitrogen and oxygen atoms in total. The molecular weight excluding hydrogens is 282 g/mol. The van der Waals surface area contributed by atoms with E-state index in [2.05, 4.69) is 76.5 Å². The third kappa shape index (κ3) is 1.49. The highest BCUT2D eigenvalue weighted by atomic mass is 15.1. The second kappa shape index (κ2) is 4.29. The molecule has 3 heterocycles. The summed E-state index contributed by atoms with van der Waals surface area (Å²) in [6, 6.07) is 19.2. The van der Waals surface area contributed by atoms with E-state index in [9.17, 15) is 0 Å². The zero-order valence-electron chi connectivity index (χ0n) is 13.1. The highest BCUT2D eigenvalue weighted by molar-refractivity contribution is 6.12. The summed E-state index contributed by atoms with van der Waals surface area (Å²) in [6.07, 6.45) is 1.88.